The Kier molecular flexibility index (Phi) is 4.41. The van der Waals surface area contributed by atoms with Crippen molar-refractivity contribution in [2.24, 2.45) is 0 Å². The molecule has 0 aromatic heterocycles. The second kappa shape index (κ2) is 5.65. The minimum Gasteiger partial charge on any atom is -0.314 e. The average Bonchev–Trinajstić information content (AvgIpc) is 3.08. The van der Waals surface area contributed by atoms with E-state index in [1.54, 1.807) is 4.31 Å². The van der Waals surface area contributed by atoms with Gasteiger partial charge >= 0.3 is 0 Å². The molecule has 1 saturated carbocycles. The highest BCUT2D eigenvalue weighted by Gasteiger charge is 2.23. The van der Waals surface area contributed by atoms with Gasteiger partial charge in [0.1, 0.15) is 0 Å². The van der Waals surface area contributed by atoms with Gasteiger partial charge in [0.25, 0.3) is 0 Å². The van der Waals surface area contributed by atoms with E-state index in [9.17, 15) is 8.42 Å². The van der Waals surface area contributed by atoms with Crippen LogP contribution >= 0.6 is 0 Å². The summed E-state index contributed by atoms with van der Waals surface area (Å²) in [6.07, 6.45) is 5.14. The van der Waals surface area contributed by atoms with Crippen molar-refractivity contribution in [3.05, 3.63) is 0 Å². The van der Waals surface area contributed by atoms with Gasteiger partial charge in [-0.05, 0) is 32.4 Å². The summed E-state index contributed by atoms with van der Waals surface area (Å²) in [5.74, 6) is 0. The molecule has 0 bridgehead atoms. The van der Waals surface area contributed by atoms with Crippen molar-refractivity contribution in [2.75, 3.05) is 45.5 Å². The fourth-order valence-corrected chi connectivity index (χ4v) is 3.01. The van der Waals surface area contributed by atoms with Crippen molar-refractivity contribution in [3.8, 4) is 0 Å². The highest BCUT2D eigenvalue weighted by molar-refractivity contribution is 7.88. The van der Waals surface area contributed by atoms with Crippen molar-refractivity contribution < 1.29 is 8.42 Å². The monoisotopic (exact) mass is 261 g/mol. The molecule has 0 radical (unpaired) electrons. The summed E-state index contributed by atoms with van der Waals surface area (Å²) in [6, 6.07) is 0.789. The van der Waals surface area contributed by atoms with Crippen LogP contribution in [0.15, 0.2) is 0 Å². The third-order valence-electron chi connectivity index (χ3n) is 3.46. The molecule has 0 amide bonds. The Morgan fingerprint density at radius 1 is 1.18 bits per heavy atom. The third-order valence-corrected chi connectivity index (χ3v) is 4.76. The van der Waals surface area contributed by atoms with Crippen molar-refractivity contribution in [2.45, 2.75) is 25.3 Å². The number of hydrogen-bond acceptors (Lipinski definition) is 4. The lowest BCUT2D eigenvalue weighted by Crippen LogP contribution is -2.48. The molecule has 100 valence electrons. The van der Waals surface area contributed by atoms with Crippen molar-refractivity contribution in [3.63, 3.8) is 0 Å². The molecule has 0 spiro atoms. The summed E-state index contributed by atoms with van der Waals surface area (Å²) < 4.78 is 24.2. The van der Waals surface area contributed by atoms with Crippen LogP contribution in [0.2, 0.25) is 0 Å². The topological polar surface area (TPSA) is 52.7 Å². The first-order valence-corrected chi connectivity index (χ1v) is 8.31. The molecule has 17 heavy (non-hydrogen) atoms. The maximum atomic E-state index is 11.3. The van der Waals surface area contributed by atoms with Crippen molar-refractivity contribution >= 4 is 10.0 Å². The SMILES string of the molecule is CS(=O)(=O)N1CCN(CCCNC2CC2)CC1. The molecule has 1 saturated heterocycles. The molecule has 0 aromatic carbocycles. The van der Waals surface area contributed by atoms with Gasteiger partial charge in [0.15, 0.2) is 0 Å². The van der Waals surface area contributed by atoms with E-state index in [1.807, 2.05) is 0 Å². The van der Waals surface area contributed by atoms with E-state index in [0.29, 0.717) is 13.1 Å². The van der Waals surface area contributed by atoms with Crippen LogP contribution in [-0.4, -0.2) is 69.2 Å². The van der Waals surface area contributed by atoms with Gasteiger partial charge < -0.3 is 10.2 Å². The van der Waals surface area contributed by atoms with Crippen LogP contribution in [0, 0.1) is 0 Å². The Morgan fingerprint density at radius 3 is 2.35 bits per heavy atom. The molecule has 0 aromatic rings. The predicted molar refractivity (Wildman–Crippen MR) is 68.5 cm³/mol. The number of piperazine rings is 1. The Bertz CT molecular complexity index is 333. The number of sulfonamides is 1. The highest BCUT2D eigenvalue weighted by Crippen LogP contribution is 2.18. The van der Waals surface area contributed by atoms with Crippen LogP contribution in [-0.2, 0) is 10.0 Å². The summed E-state index contributed by atoms with van der Waals surface area (Å²) in [7, 11) is -2.98. The van der Waals surface area contributed by atoms with Crippen LogP contribution in [0.1, 0.15) is 19.3 Å². The molecule has 6 heteroatoms. The molecule has 1 N–H and O–H groups in total. The number of nitrogens with one attached hydrogen (secondary N) is 1. The van der Waals surface area contributed by atoms with Gasteiger partial charge in [-0.3, -0.25) is 0 Å². The van der Waals surface area contributed by atoms with Crippen LogP contribution in [0.3, 0.4) is 0 Å². The summed E-state index contributed by atoms with van der Waals surface area (Å²) in [5.41, 5.74) is 0. The standard InChI is InChI=1S/C11H23N3O2S/c1-17(15,16)14-9-7-13(8-10-14)6-2-5-12-11-3-4-11/h11-12H,2-10H2,1H3. The molecule has 1 aliphatic carbocycles. The summed E-state index contributed by atoms with van der Waals surface area (Å²) >= 11 is 0. The Hall–Kier alpha value is -0.170. The molecule has 2 rings (SSSR count). The zero-order valence-electron chi connectivity index (χ0n) is 10.6. The second-order valence-corrected chi connectivity index (χ2v) is 7.07. The van der Waals surface area contributed by atoms with Crippen LogP contribution in [0.25, 0.3) is 0 Å². The lowest BCUT2D eigenvalue weighted by molar-refractivity contribution is 0.187. The normalized spacial score (nSPS) is 24.1. The highest BCUT2D eigenvalue weighted by atomic mass is 32.2. The zero-order chi connectivity index (χ0) is 12.3. The first-order chi connectivity index (χ1) is 8.05. The lowest BCUT2D eigenvalue weighted by atomic mass is 10.3. The van der Waals surface area contributed by atoms with E-state index in [-0.39, 0.29) is 0 Å². The molecular weight excluding hydrogens is 238 g/mol. The first kappa shape index (κ1) is 13.3. The van der Waals surface area contributed by atoms with E-state index in [2.05, 4.69) is 10.2 Å². The number of nitrogens with zero attached hydrogens (tertiary/aromatic N) is 2. The van der Waals surface area contributed by atoms with Crippen LogP contribution in [0.5, 0.6) is 0 Å². The second-order valence-electron chi connectivity index (χ2n) is 5.09. The Labute approximate surface area is 104 Å². The van der Waals surface area contributed by atoms with Crippen LogP contribution < -0.4 is 5.32 Å². The van der Waals surface area contributed by atoms with Crippen LogP contribution in [0.4, 0.5) is 0 Å². The largest absolute Gasteiger partial charge is 0.314 e. The van der Waals surface area contributed by atoms with Gasteiger partial charge in [0, 0.05) is 32.2 Å². The first-order valence-electron chi connectivity index (χ1n) is 6.46. The van der Waals surface area contributed by atoms with Gasteiger partial charge in [-0.15, -0.1) is 0 Å². The summed E-state index contributed by atoms with van der Waals surface area (Å²) in [6.45, 7) is 5.21. The third kappa shape index (κ3) is 4.54. The average molecular weight is 261 g/mol. The maximum absolute atomic E-state index is 11.3. The van der Waals surface area contributed by atoms with Gasteiger partial charge in [-0.1, -0.05) is 0 Å². The molecule has 1 heterocycles. The van der Waals surface area contributed by atoms with Crippen molar-refractivity contribution in [1.29, 1.82) is 0 Å². The van der Waals surface area contributed by atoms with Gasteiger partial charge in [0.2, 0.25) is 10.0 Å². The van der Waals surface area contributed by atoms with Gasteiger partial charge in [-0.2, -0.15) is 4.31 Å². The Balaban J connectivity index is 1.58. The number of hydrogen-bond donors (Lipinski definition) is 1. The van der Waals surface area contributed by atoms with E-state index < -0.39 is 10.0 Å². The molecule has 2 aliphatic rings. The zero-order valence-corrected chi connectivity index (χ0v) is 11.4. The van der Waals surface area contributed by atoms with E-state index in [4.69, 9.17) is 0 Å². The van der Waals surface area contributed by atoms with E-state index in [1.165, 1.54) is 19.1 Å². The molecule has 5 nitrogen and oxygen atoms in total. The van der Waals surface area contributed by atoms with Gasteiger partial charge in [0.05, 0.1) is 6.26 Å². The summed E-state index contributed by atoms with van der Waals surface area (Å²) in [5, 5.41) is 3.50. The summed E-state index contributed by atoms with van der Waals surface area (Å²) in [4.78, 5) is 2.36. The van der Waals surface area contributed by atoms with Crippen molar-refractivity contribution in [1.82, 2.24) is 14.5 Å². The molecule has 0 unspecified atom stereocenters. The molecule has 1 aliphatic heterocycles. The predicted octanol–water partition coefficient (Wildman–Crippen LogP) is -0.294. The molecule has 0 atom stereocenters. The quantitative estimate of drug-likeness (QED) is 0.667. The van der Waals surface area contributed by atoms with E-state index >= 15 is 0 Å². The fraction of sp³-hybridized carbons (Fsp3) is 1.00. The molecule has 2 fully saturated rings. The number of rotatable bonds is 6. The lowest BCUT2D eigenvalue weighted by Gasteiger charge is -2.33. The maximum Gasteiger partial charge on any atom is 0.211 e. The smallest absolute Gasteiger partial charge is 0.211 e. The minimum absolute atomic E-state index is 0.648. The van der Waals surface area contributed by atoms with E-state index in [0.717, 1.165) is 38.6 Å². The fourth-order valence-electron chi connectivity index (χ4n) is 2.18. The molecular formula is C11H23N3O2S. The Morgan fingerprint density at radius 2 is 1.82 bits per heavy atom. The van der Waals surface area contributed by atoms with Gasteiger partial charge in [-0.25, -0.2) is 8.42 Å². The minimum atomic E-state index is -2.98.